The molecule has 1 aromatic rings. The van der Waals surface area contributed by atoms with Gasteiger partial charge in [-0.05, 0) is 44.5 Å². The normalized spacial score (nSPS) is 21.1. The molecular weight excluding hydrogens is 328 g/mol. The Kier molecular flexibility index (Phi) is 6.63. The fourth-order valence-electron chi connectivity index (χ4n) is 3.64. The van der Waals surface area contributed by atoms with Crippen molar-refractivity contribution in [2.24, 2.45) is 5.92 Å². The molecule has 0 spiro atoms. The van der Waals surface area contributed by atoms with Gasteiger partial charge in [-0.1, -0.05) is 18.2 Å². The summed E-state index contributed by atoms with van der Waals surface area (Å²) in [5.74, 6) is -0.0254. The first-order valence-corrected chi connectivity index (χ1v) is 9.68. The van der Waals surface area contributed by atoms with Gasteiger partial charge >= 0.3 is 0 Å². The van der Waals surface area contributed by atoms with Gasteiger partial charge in [0.2, 0.25) is 11.8 Å². The minimum Gasteiger partial charge on any atom is -0.356 e. The van der Waals surface area contributed by atoms with Crippen LogP contribution in [0.25, 0.3) is 0 Å². The van der Waals surface area contributed by atoms with Gasteiger partial charge in [0.25, 0.3) is 0 Å². The molecule has 6 nitrogen and oxygen atoms in total. The summed E-state index contributed by atoms with van der Waals surface area (Å²) in [4.78, 5) is 29.0. The predicted octanol–water partition coefficient (Wildman–Crippen LogP) is 1.33. The number of rotatable bonds is 7. The highest BCUT2D eigenvalue weighted by Crippen LogP contribution is 2.27. The molecule has 1 saturated heterocycles. The molecule has 0 bridgehead atoms. The zero-order valence-corrected chi connectivity index (χ0v) is 15.7. The minimum atomic E-state index is -0.110. The molecule has 2 aliphatic rings. The van der Waals surface area contributed by atoms with E-state index in [1.807, 2.05) is 24.3 Å². The van der Waals surface area contributed by atoms with Crippen LogP contribution >= 0.6 is 0 Å². The van der Waals surface area contributed by atoms with Crippen molar-refractivity contribution < 1.29 is 9.59 Å². The third-order valence-electron chi connectivity index (χ3n) is 5.40. The van der Waals surface area contributed by atoms with E-state index in [1.54, 1.807) is 0 Å². The molecule has 2 aliphatic heterocycles. The second-order valence-electron chi connectivity index (χ2n) is 7.43. The molecule has 1 unspecified atom stereocenters. The predicted molar refractivity (Wildman–Crippen MR) is 103 cm³/mol. The standard InChI is InChI=1S/C20H30N4O2/c1-23-11-13-24(14-12-23)10-4-9-21-19(25)8-7-17-15-16-5-2-3-6-18(16)22-20(17)26/h2-3,5-6,17H,4,7-15H2,1H3,(H,21,25)(H,22,26). The number of amides is 2. The lowest BCUT2D eigenvalue weighted by molar-refractivity contribution is -0.122. The highest BCUT2D eigenvalue weighted by molar-refractivity contribution is 5.96. The highest BCUT2D eigenvalue weighted by atomic mass is 16.2. The van der Waals surface area contributed by atoms with E-state index in [0.717, 1.165) is 56.8 Å². The molecule has 0 aromatic heterocycles. The van der Waals surface area contributed by atoms with Crippen molar-refractivity contribution in [1.29, 1.82) is 0 Å². The van der Waals surface area contributed by atoms with Gasteiger partial charge in [0.15, 0.2) is 0 Å². The molecular formula is C20H30N4O2. The number of benzene rings is 1. The number of carbonyl (C=O) groups is 2. The van der Waals surface area contributed by atoms with Gasteiger partial charge in [-0.2, -0.15) is 0 Å². The number of carbonyl (C=O) groups excluding carboxylic acids is 2. The molecule has 0 aliphatic carbocycles. The van der Waals surface area contributed by atoms with Crippen molar-refractivity contribution in [3.63, 3.8) is 0 Å². The van der Waals surface area contributed by atoms with Gasteiger partial charge in [0.05, 0.1) is 0 Å². The van der Waals surface area contributed by atoms with Crippen LogP contribution in [0, 0.1) is 5.92 Å². The van der Waals surface area contributed by atoms with Gasteiger partial charge in [-0.25, -0.2) is 0 Å². The fraction of sp³-hybridized carbons (Fsp3) is 0.600. The third kappa shape index (κ3) is 5.29. The first-order chi connectivity index (χ1) is 12.6. The van der Waals surface area contributed by atoms with Gasteiger partial charge in [-0.15, -0.1) is 0 Å². The second kappa shape index (κ2) is 9.14. The smallest absolute Gasteiger partial charge is 0.227 e. The summed E-state index contributed by atoms with van der Waals surface area (Å²) in [5, 5.41) is 5.94. The summed E-state index contributed by atoms with van der Waals surface area (Å²) in [6, 6.07) is 7.88. The second-order valence-corrected chi connectivity index (χ2v) is 7.43. The van der Waals surface area contributed by atoms with Gasteiger partial charge < -0.3 is 20.4 Å². The maximum atomic E-state index is 12.2. The summed E-state index contributed by atoms with van der Waals surface area (Å²) in [6.07, 6.45) is 2.71. The monoisotopic (exact) mass is 358 g/mol. The summed E-state index contributed by atoms with van der Waals surface area (Å²) in [5.41, 5.74) is 2.06. The lowest BCUT2D eigenvalue weighted by Gasteiger charge is -2.32. The maximum Gasteiger partial charge on any atom is 0.227 e. The Morgan fingerprint density at radius 3 is 2.81 bits per heavy atom. The lowest BCUT2D eigenvalue weighted by atomic mass is 9.89. The molecule has 0 radical (unpaired) electrons. The van der Waals surface area contributed by atoms with E-state index in [2.05, 4.69) is 27.5 Å². The third-order valence-corrected chi connectivity index (χ3v) is 5.40. The minimum absolute atomic E-state index is 0.0339. The number of hydrogen-bond donors (Lipinski definition) is 2. The number of fused-ring (bicyclic) bond motifs is 1. The van der Waals surface area contributed by atoms with Crippen LogP contribution in [0.5, 0.6) is 0 Å². The topological polar surface area (TPSA) is 64.7 Å². The van der Waals surface area contributed by atoms with Crippen LogP contribution in [0.1, 0.15) is 24.8 Å². The van der Waals surface area contributed by atoms with Crippen LogP contribution in [-0.4, -0.2) is 67.9 Å². The van der Waals surface area contributed by atoms with Crippen LogP contribution in [-0.2, 0) is 16.0 Å². The first kappa shape index (κ1) is 18.9. The zero-order chi connectivity index (χ0) is 18.4. The first-order valence-electron chi connectivity index (χ1n) is 9.68. The Hall–Kier alpha value is -1.92. The molecule has 2 amide bonds. The average Bonchev–Trinajstić information content (AvgIpc) is 2.65. The van der Waals surface area contributed by atoms with Crippen LogP contribution < -0.4 is 10.6 Å². The summed E-state index contributed by atoms with van der Waals surface area (Å²) in [7, 11) is 2.16. The number of para-hydroxylation sites is 1. The molecule has 0 saturated carbocycles. The summed E-state index contributed by atoms with van der Waals surface area (Å²) >= 11 is 0. The van der Waals surface area contributed by atoms with E-state index >= 15 is 0 Å². The van der Waals surface area contributed by atoms with Gasteiger partial charge in [0.1, 0.15) is 0 Å². The van der Waals surface area contributed by atoms with Crippen molar-refractivity contribution in [2.45, 2.75) is 25.7 Å². The molecule has 1 fully saturated rings. The molecule has 26 heavy (non-hydrogen) atoms. The molecule has 1 aromatic carbocycles. The number of hydrogen-bond acceptors (Lipinski definition) is 4. The summed E-state index contributed by atoms with van der Waals surface area (Å²) in [6.45, 7) is 6.23. The van der Waals surface area contributed by atoms with E-state index in [9.17, 15) is 9.59 Å². The van der Waals surface area contributed by atoms with Crippen molar-refractivity contribution in [1.82, 2.24) is 15.1 Å². The van der Waals surface area contributed by atoms with Crippen molar-refractivity contribution in [3.8, 4) is 0 Å². The number of piperazine rings is 1. The van der Waals surface area contributed by atoms with Crippen LogP contribution in [0.3, 0.4) is 0 Å². The highest BCUT2D eigenvalue weighted by Gasteiger charge is 2.26. The Labute approximate surface area is 155 Å². The van der Waals surface area contributed by atoms with Crippen molar-refractivity contribution in [3.05, 3.63) is 29.8 Å². The fourth-order valence-corrected chi connectivity index (χ4v) is 3.64. The quantitative estimate of drug-likeness (QED) is 0.722. The summed E-state index contributed by atoms with van der Waals surface area (Å²) < 4.78 is 0. The molecule has 6 heteroatoms. The Balaban J connectivity index is 1.31. The molecule has 1 atom stereocenters. The SMILES string of the molecule is CN1CCN(CCCNC(=O)CCC2Cc3ccccc3NC2=O)CC1. The Morgan fingerprint density at radius 1 is 1.23 bits per heavy atom. The number of nitrogens with one attached hydrogen (secondary N) is 2. The van der Waals surface area contributed by atoms with Crippen molar-refractivity contribution in [2.75, 3.05) is 51.6 Å². The average molecular weight is 358 g/mol. The number of nitrogens with zero attached hydrogens (tertiary/aromatic N) is 2. The Morgan fingerprint density at radius 2 is 2.00 bits per heavy atom. The number of anilines is 1. The molecule has 142 valence electrons. The van der Waals surface area contributed by atoms with Crippen molar-refractivity contribution >= 4 is 17.5 Å². The maximum absolute atomic E-state index is 12.2. The largest absolute Gasteiger partial charge is 0.356 e. The van der Waals surface area contributed by atoms with E-state index < -0.39 is 0 Å². The number of likely N-dealkylation sites (N-methyl/N-ethyl adjacent to an activating group) is 1. The van der Waals surface area contributed by atoms with Gasteiger partial charge in [0, 0.05) is 50.7 Å². The molecule has 2 heterocycles. The van der Waals surface area contributed by atoms with E-state index in [0.29, 0.717) is 19.4 Å². The van der Waals surface area contributed by atoms with Crippen LogP contribution in [0.2, 0.25) is 0 Å². The van der Waals surface area contributed by atoms with Crippen LogP contribution in [0.15, 0.2) is 24.3 Å². The lowest BCUT2D eigenvalue weighted by Crippen LogP contribution is -2.45. The van der Waals surface area contributed by atoms with E-state index in [1.165, 1.54) is 0 Å². The van der Waals surface area contributed by atoms with Gasteiger partial charge in [-0.3, -0.25) is 9.59 Å². The van der Waals surface area contributed by atoms with E-state index in [4.69, 9.17) is 0 Å². The van der Waals surface area contributed by atoms with E-state index in [-0.39, 0.29) is 17.7 Å². The molecule has 3 rings (SSSR count). The molecule has 2 N–H and O–H groups in total. The van der Waals surface area contributed by atoms with Crippen LogP contribution in [0.4, 0.5) is 5.69 Å². The Bertz CT molecular complexity index is 626. The zero-order valence-electron chi connectivity index (χ0n) is 15.7.